The SMILES string of the molecule is C=C(C#CC)N1CCCC1.C=CN(C)C(C(=O)NC(Cc1cc(C)cc(-c2ccc3c(c2)c(CC(C)(C)COC=O)c(-c2cccnc2C(C)OC)n3C)c1)C(=O)N1CCCCN1)C(C)C. The molecule has 2 saturated heterocycles. The molecule has 4 aromatic rings. The summed E-state index contributed by atoms with van der Waals surface area (Å²) < 4.78 is 13.3. The van der Waals surface area contributed by atoms with Gasteiger partial charge in [-0.15, -0.1) is 0 Å². The topological polar surface area (TPSA) is 121 Å². The molecule has 2 aromatic carbocycles. The zero-order valence-corrected chi connectivity index (χ0v) is 41.1. The van der Waals surface area contributed by atoms with Crippen molar-refractivity contribution < 1.29 is 23.9 Å². The number of carbonyl (C=O) groups excluding carboxylic acids is 3. The lowest BCUT2D eigenvalue weighted by Gasteiger charge is -2.34. The number of nitrogens with zero attached hydrogens (tertiary/aromatic N) is 5. The zero-order chi connectivity index (χ0) is 48.1. The molecule has 3 atom stereocenters. The monoisotopic (exact) mass is 900 g/mol. The van der Waals surface area contributed by atoms with E-state index in [-0.39, 0.29) is 35.9 Å². The highest BCUT2D eigenvalue weighted by atomic mass is 16.5. The van der Waals surface area contributed by atoms with Gasteiger partial charge < -0.3 is 29.2 Å². The smallest absolute Gasteiger partial charge is 0.293 e. The Morgan fingerprint density at radius 3 is 2.41 bits per heavy atom. The number of benzene rings is 2. The molecule has 12 heteroatoms. The summed E-state index contributed by atoms with van der Waals surface area (Å²) in [7, 11) is 5.60. The van der Waals surface area contributed by atoms with Crippen LogP contribution in [0.4, 0.5) is 0 Å². The molecule has 2 aromatic heterocycles. The summed E-state index contributed by atoms with van der Waals surface area (Å²) >= 11 is 0. The zero-order valence-electron chi connectivity index (χ0n) is 41.1. The summed E-state index contributed by atoms with van der Waals surface area (Å²) in [5.41, 5.74) is 13.0. The van der Waals surface area contributed by atoms with E-state index >= 15 is 0 Å². The number of likely N-dealkylation sites (N-methyl/N-ethyl adjacent to an activating group) is 1. The van der Waals surface area contributed by atoms with Crippen molar-refractivity contribution in [2.75, 3.05) is 46.9 Å². The fraction of sp³-hybridized carbons (Fsp3) is 0.481. The van der Waals surface area contributed by atoms with E-state index in [2.05, 4.69) is 115 Å². The Morgan fingerprint density at radius 1 is 1.05 bits per heavy atom. The molecule has 3 unspecified atom stereocenters. The Labute approximate surface area is 393 Å². The first-order valence-corrected chi connectivity index (χ1v) is 23.4. The first kappa shape index (κ1) is 51.1. The van der Waals surface area contributed by atoms with Crippen LogP contribution in [0.5, 0.6) is 0 Å². The minimum atomic E-state index is -0.771. The highest BCUT2D eigenvalue weighted by Crippen LogP contribution is 2.41. The molecule has 4 heterocycles. The average molecular weight is 900 g/mol. The maximum Gasteiger partial charge on any atom is 0.293 e. The lowest BCUT2D eigenvalue weighted by atomic mass is 9.84. The molecular formula is C54H73N7O5. The van der Waals surface area contributed by atoms with Crippen molar-refractivity contribution in [3.8, 4) is 34.2 Å². The Kier molecular flexibility index (Phi) is 18.2. The predicted molar refractivity (Wildman–Crippen MR) is 266 cm³/mol. The van der Waals surface area contributed by atoms with Gasteiger partial charge >= 0.3 is 0 Å². The fourth-order valence-corrected chi connectivity index (χ4v) is 9.25. The van der Waals surface area contributed by atoms with Gasteiger partial charge in [0.1, 0.15) is 12.1 Å². The van der Waals surface area contributed by atoms with Gasteiger partial charge in [0.05, 0.1) is 29.8 Å². The van der Waals surface area contributed by atoms with Crippen LogP contribution in [0.1, 0.15) is 95.7 Å². The van der Waals surface area contributed by atoms with Gasteiger partial charge in [0, 0.05) is 81.9 Å². The van der Waals surface area contributed by atoms with E-state index in [0.29, 0.717) is 25.9 Å². The summed E-state index contributed by atoms with van der Waals surface area (Å²) in [5.74, 6) is 5.47. The lowest BCUT2D eigenvalue weighted by molar-refractivity contribution is -0.141. The lowest BCUT2D eigenvalue weighted by Crippen LogP contribution is -2.58. The van der Waals surface area contributed by atoms with Gasteiger partial charge in [0.15, 0.2) is 0 Å². The number of hydrogen-bond acceptors (Lipinski definition) is 9. The number of carbonyl (C=O) groups is 3. The number of hydrogen-bond donors (Lipinski definition) is 2. The predicted octanol–water partition coefficient (Wildman–Crippen LogP) is 8.54. The summed E-state index contributed by atoms with van der Waals surface area (Å²) in [5, 5.41) is 5.89. The van der Waals surface area contributed by atoms with Gasteiger partial charge in [-0.25, -0.2) is 5.43 Å². The minimum Gasteiger partial charge on any atom is -0.467 e. The van der Waals surface area contributed by atoms with Gasteiger partial charge in [-0.05, 0) is 112 Å². The summed E-state index contributed by atoms with van der Waals surface area (Å²) in [6, 6.07) is 15.7. The highest BCUT2D eigenvalue weighted by Gasteiger charge is 2.33. The van der Waals surface area contributed by atoms with Crippen LogP contribution in [0.25, 0.3) is 33.3 Å². The highest BCUT2D eigenvalue weighted by molar-refractivity contribution is 5.95. The number of allylic oxidation sites excluding steroid dienone is 1. The third-order valence-corrected chi connectivity index (χ3v) is 12.6. The van der Waals surface area contributed by atoms with Crippen LogP contribution in [-0.2, 0) is 43.7 Å². The third-order valence-electron chi connectivity index (χ3n) is 12.6. The standard InChI is InChI=1S/C45H60N6O5.C9H13N/c1-11-49(8)41(29(2)3)43(53)48-38(44(54)51-20-13-12-19-47-51)24-32-21-30(4)22-34(23-32)33-16-17-39-36(25-33)37(26-45(6,7)27-56-28-52)42(50(39)9)35-15-14-18-46-40(35)31(5)55-10;1-3-6-9(2)10-7-4-5-8-10/h11,14-18,21-23,25,28-29,31,38,41,47H,1,12-13,19-20,24,26-27H2,2-10H3,(H,48,53);2,4-5,7-8H2,1H3. The van der Waals surface area contributed by atoms with E-state index in [1.807, 2.05) is 40.8 Å². The van der Waals surface area contributed by atoms with Gasteiger partial charge in [0.25, 0.3) is 12.4 Å². The maximum absolute atomic E-state index is 14.1. The van der Waals surface area contributed by atoms with Gasteiger partial charge in [-0.3, -0.25) is 24.4 Å². The molecule has 2 N–H and O–H groups in total. The number of pyridine rings is 1. The number of hydrazine groups is 1. The molecule has 354 valence electrons. The average Bonchev–Trinajstić information content (AvgIpc) is 3.94. The van der Waals surface area contributed by atoms with E-state index in [1.165, 1.54) is 12.8 Å². The van der Waals surface area contributed by atoms with Gasteiger partial charge in [0.2, 0.25) is 5.91 Å². The van der Waals surface area contributed by atoms with E-state index in [4.69, 9.17) is 14.5 Å². The van der Waals surface area contributed by atoms with Crippen LogP contribution >= 0.6 is 0 Å². The van der Waals surface area contributed by atoms with Crippen molar-refractivity contribution in [2.24, 2.45) is 18.4 Å². The van der Waals surface area contributed by atoms with Crippen LogP contribution < -0.4 is 10.7 Å². The Hall–Kier alpha value is -5.90. The Bertz CT molecular complexity index is 2400. The molecule has 66 heavy (non-hydrogen) atoms. The Morgan fingerprint density at radius 2 is 1.77 bits per heavy atom. The number of ether oxygens (including phenoxy) is 2. The quantitative estimate of drug-likeness (QED) is 0.0748. The van der Waals surface area contributed by atoms with Crippen molar-refractivity contribution in [3.63, 3.8) is 0 Å². The van der Waals surface area contributed by atoms with Crippen LogP contribution in [-0.4, -0.2) is 102 Å². The summed E-state index contributed by atoms with van der Waals surface area (Å²) in [6.07, 6.45) is 8.67. The molecule has 0 spiro atoms. The molecule has 0 saturated carbocycles. The number of methoxy groups -OCH3 is 1. The second-order valence-electron chi connectivity index (χ2n) is 18.8. The van der Waals surface area contributed by atoms with E-state index in [9.17, 15) is 14.4 Å². The molecule has 2 aliphatic heterocycles. The largest absolute Gasteiger partial charge is 0.467 e. The molecule has 0 bridgehead atoms. The number of aromatic nitrogens is 2. The van der Waals surface area contributed by atoms with Crippen LogP contribution in [0.3, 0.4) is 0 Å². The first-order chi connectivity index (χ1) is 31.5. The first-order valence-electron chi connectivity index (χ1n) is 23.4. The number of rotatable bonds is 18. The van der Waals surface area contributed by atoms with Crippen LogP contribution in [0, 0.1) is 30.1 Å². The summed E-state index contributed by atoms with van der Waals surface area (Å²) in [6.45, 7) is 26.2. The van der Waals surface area contributed by atoms with Crippen molar-refractivity contribution in [2.45, 2.75) is 105 Å². The summed E-state index contributed by atoms with van der Waals surface area (Å²) in [4.78, 5) is 48.0. The van der Waals surface area contributed by atoms with Gasteiger partial charge in [-0.1, -0.05) is 82.5 Å². The molecule has 6 rings (SSSR count). The molecule has 12 nitrogen and oxygen atoms in total. The van der Waals surface area contributed by atoms with Crippen molar-refractivity contribution in [1.82, 2.24) is 35.1 Å². The second-order valence-corrected chi connectivity index (χ2v) is 18.8. The van der Waals surface area contributed by atoms with Crippen LogP contribution in [0.15, 0.2) is 79.8 Å². The molecular weight excluding hydrogens is 827 g/mol. The second kappa shape index (κ2) is 23.5. The van der Waals surface area contributed by atoms with E-state index < -0.39 is 12.1 Å². The normalized spacial score (nSPS) is 15.2. The van der Waals surface area contributed by atoms with E-state index in [0.717, 1.165) is 93.8 Å². The molecule has 0 radical (unpaired) electrons. The van der Waals surface area contributed by atoms with E-state index in [1.54, 1.807) is 29.4 Å². The molecule has 2 amide bonds. The third kappa shape index (κ3) is 12.7. The van der Waals surface area contributed by atoms with Crippen molar-refractivity contribution in [3.05, 3.63) is 102 Å². The molecule has 0 aliphatic carbocycles. The van der Waals surface area contributed by atoms with Crippen molar-refractivity contribution in [1.29, 1.82) is 0 Å². The Balaban J connectivity index is 0.000000721. The number of aryl methyl sites for hydroxylation is 2. The number of amides is 2. The molecule has 2 fully saturated rings. The number of likely N-dealkylation sites (tertiary alicyclic amines) is 1. The molecule has 2 aliphatic rings. The van der Waals surface area contributed by atoms with Gasteiger partial charge in [-0.2, -0.15) is 0 Å². The van der Waals surface area contributed by atoms with Crippen molar-refractivity contribution >= 4 is 29.2 Å². The maximum atomic E-state index is 14.1. The fourth-order valence-electron chi connectivity index (χ4n) is 9.25. The number of nitrogens with one attached hydrogen (secondary N) is 2. The minimum absolute atomic E-state index is 0.00184. The van der Waals surface area contributed by atoms with Crippen LogP contribution in [0.2, 0.25) is 0 Å². The number of fused-ring (bicyclic) bond motifs is 1.